The predicted molar refractivity (Wildman–Crippen MR) is 149 cm³/mol. The van der Waals surface area contributed by atoms with Crippen LogP contribution in [-0.2, 0) is 0 Å². The molecule has 0 N–H and O–H groups in total. The summed E-state index contributed by atoms with van der Waals surface area (Å²) in [6.07, 6.45) is 0. The topological polar surface area (TPSA) is 0 Å². The third kappa shape index (κ3) is 4.89. The molecule has 0 saturated carbocycles. The third-order valence-corrected chi connectivity index (χ3v) is 14.0. The molecule has 0 heterocycles. The zero-order valence-corrected chi connectivity index (χ0v) is 25.2. The third-order valence-electron chi connectivity index (χ3n) is 5.49. The maximum atomic E-state index is 3.90. The molecule has 156 valence electrons. The van der Waals surface area contributed by atoms with E-state index in [-0.39, 0.29) is 29.0 Å². The van der Waals surface area contributed by atoms with Crippen LogP contribution in [0.3, 0.4) is 0 Å². The van der Waals surface area contributed by atoms with E-state index < -0.39 is 0 Å². The highest BCUT2D eigenvalue weighted by molar-refractivity contribution is 9.12. The van der Waals surface area contributed by atoms with Gasteiger partial charge in [-0.05, 0) is 33.4 Å². The average molecular weight is 786 g/mol. The number of halogens is 6. The number of hydrogen-bond donors (Lipinski definition) is 0. The second-order valence-electron chi connectivity index (χ2n) is 7.41. The summed E-state index contributed by atoms with van der Waals surface area (Å²) in [5, 5.41) is 0. The molecule has 0 unspecified atom stereocenters. The van der Waals surface area contributed by atoms with Crippen molar-refractivity contribution in [2.24, 2.45) is 0 Å². The molecule has 0 aliphatic heterocycles. The molecule has 4 aliphatic carbocycles. The van der Waals surface area contributed by atoms with Gasteiger partial charge in [0.15, 0.2) is 0 Å². The molecule has 6 bridgehead atoms. The molecule has 6 heteroatoms. The van der Waals surface area contributed by atoms with Gasteiger partial charge in [-0.2, -0.15) is 0 Å². The van der Waals surface area contributed by atoms with Gasteiger partial charge < -0.3 is 0 Å². The molecule has 30 heavy (non-hydrogen) atoms. The number of hydrogen-bond acceptors (Lipinski definition) is 0. The Bertz CT molecular complexity index is 771. The van der Waals surface area contributed by atoms with Gasteiger partial charge >= 0.3 is 0 Å². The van der Waals surface area contributed by atoms with E-state index in [1.165, 1.54) is 33.4 Å². The quantitative estimate of drug-likeness (QED) is 0.199. The number of benzene rings is 3. The molecule has 3 aromatic carbocycles. The van der Waals surface area contributed by atoms with E-state index in [1.54, 1.807) is 0 Å². The summed E-state index contributed by atoms with van der Waals surface area (Å²) in [5.41, 5.74) is 7.50. The molecular weight excluding hydrogens is 768 g/mol. The maximum Gasteiger partial charge on any atom is 0.0561 e. The first-order chi connectivity index (χ1) is 14.4. The molecule has 4 aliphatic rings. The predicted octanol–water partition coefficient (Wildman–Crippen LogP) is 10.7. The highest BCUT2D eigenvalue weighted by Gasteiger charge is 2.25. The Kier molecular flexibility index (Phi) is 8.06. The smallest absolute Gasteiger partial charge is 0.0561 e. The van der Waals surface area contributed by atoms with Crippen molar-refractivity contribution in [3.8, 4) is 0 Å². The number of rotatable bonds is 0. The fraction of sp³-hybridized carbons (Fsp3) is 0.250. The first-order valence-corrected chi connectivity index (χ1v) is 15.0. The Morgan fingerprint density at radius 2 is 0.367 bits per heavy atom. The second-order valence-corrected chi connectivity index (χ2v) is 13.3. The van der Waals surface area contributed by atoms with Gasteiger partial charge in [0.25, 0.3) is 0 Å². The zero-order valence-electron chi connectivity index (χ0n) is 15.7. The summed E-state index contributed by atoms with van der Waals surface area (Å²) >= 11 is 23.4. The van der Waals surface area contributed by atoms with Gasteiger partial charge in [0.05, 0.1) is 29.0 Å². The van der Waals surface area contributed by atoms with E-state index in [0.717, 1.165) is 0 Å². The summed E-state index contributed by atoms with van der Waals surface area (Å²) < 4.78 is 0. The molecule has 0 fully saturated rings. The molecule has 6 atom stereocenters. The summed E-state index contributed by atoms with van der Waals surface area (Å²) in [6.45, 7) is 0. The molecule has 0 spiro atoms. The van der Waals surface area contributed by atoms with Crippen LogP contribution in [0.1, 0.15) is 62.3 Å². The summed E-state index contributed by atoms with van der Waals surface area (Å²) in [7, 11) is 0. The fourth-order valence-corrected chi connectivity index (χ4v) is 7.27. The van der Waals surface area contributed by atoms with Crippen molar-refractivity contribution in [1.82, 2.24) is 0 Å². The molecule has 0 saturated heterocycles. The van der Waals surface area contributed by atoms with Crippen molar-refractivity contribution >= 4 is 95.6 Å². The number of alkyl halides is 6. The standard InChI is InChI=1S/C24H18Br6/c25-19-13-1-2-14(4-3-13)20(26)22(28)16-9-11-18(12-10-16)24(30)23(29)17-7-5-15(6-8-17)21(19)27/h1-12,19-24H/t19-,20-,21-,22+,23+,24-/m0/s1. The van der Waals surface area contributed by atoms with Gasteiger partial charge in [-0.25, -0.2) is 0 Å². The first kappa shape index (κ1) is 23.7. The van der Waals surface area contributed by atoms with Gasteiger partial charge in [-0.3, -0.25) is 0 Å². The summed E-state index contributed by atoms with van der Waals surface area (Å²) in [5.74, 6) is 0. The van der Waals surface area contributed by atoms with Crippen molar-refractivity contribution in [3.05, 3.63) is 106 Å². The van der Waals surface area contributed by atoms with Crippen molar-refractivity contribution in [3.63, 3.8) is 0 Å². The lowest BCUT2D eigenvalue weighted by molar-refractivity contribution is 0.901. The van der Waals surface area contributed by atoms with Crippen LogP contribution in [0.15, 0.2) is 72.8 Å². The lowest BCUT2D eigenvalue weighted by atomic mass is 9.96. The largest absolute Gasteiger partial charge is 0.0823 e. The Morgan fingerprint density at radius 3 is 0.467 bits per heavy atom. The normalized spacial score (nSPS) is 29.0. The molecule has 0 aromatic heterocycles. The second kappa shape index (κ2) is 10.2. The summed E-state index contributed by atoms with van der Waals surface area (Å²) in [4.78, 5) is 1.09. The highest BCUT2D eigenvalue weighted by Crippen LogP contribution is 2.47. The maximum absolute atomic E-state index is 3.90. The highest BCUT2D eigenvalue weighted by atomic mass is 79.9. The van der Waals surface area contributed by atoms with Crippen LogP contribution in [0, 0.1) is 0 Å². The number of fused-ring (bicyclic) bond motifs is 3. The molecular formula is C24H18Br6. The minimum atomic E-state index is 0.181. The van der Waals surface area contributed by atoms with Crippen LogP contribution in [0.25, 0.3) is 0 Å². The first-order valence-electron chi connectivity index (χ1n) is 9.51. The van der Waals surface area contributed by atoms with E-state index in [2.05, 4.69) is 168 Å². The van der Waals surface area contributed by atoms with E-state index in [0.29, 0.717) is 0 Å². The van der Waals surface area contributed by atoms with Crippen LogP contribution in [0.5, 0.6) is 0 Å². The van der Waals surface area contributed by atoms with E-state index in [4.69, 9.17) is 0 Å². The van der Waals surface area contributed by atoms with Crippen molar-refractivity contribution in [1.29, 1.82) is 0 Å². The van der Waals surface area contributed by atoms with Crippen molar-refractivity contribution in [2.45, 2.75) is 29.0 Å². The minimum Gasteiger partial charge on any atom is -0.0823 e. The van der Waals surface area contributed by atoms with E-state index >= 15 is 0 Å². The molecule has 0 nitrogen and oxygen atoms in total. The van der Waals surface area contributed by atoms with Gasteiger partial charge in [-0.1, -0.05) is 168 Å². The van der Waals surface area contributed by atoms with Crippen LogP contribution in [0.4, 0.5) is 0 Å². The van der Waals surface area contributed by atoms with Gasteiger partial charge in [0.1, 0.15) is 0 Å². The van der Waals surface area contributed by atoms with Crippen LogP contribution < -0.4 is 0 Å². The Balaban J connectivity index is 1.80. The van der Waals surface area contributed by atoms with Crippen LogP contribution >= 0.6 is 95.6 Å². The molecule has 3 aromatic rings. The van der Waals surface area contributed by atoms with E-state index in [9.17, 15) is 0 Å². The Labute approximate surface area is 228 Å². The fourth-order valence-electron chi connectivity index (χ4n) is 3.60. The van der Waals surface area contributed by atoms with Gasteiger partial charge in [-0.15, -0.1) is 0 Å². The Morgan fingerprint density at radius 1 is 0.267 bits per heavy atom. The SMILES string of the molecule is Br[C@@H]1c2ccc(cc2)[C@H](Br)[C@@H](Br)c2ccc(cc2)[C@H](Br)[C@H](Br)c2ccc(cc2)[C@@H]1Br. The minimum absolute atomic E-state index is 0.181. The zero-order chi connectivity index (χ0) is 21.4. The van der Waals surface area contributed by atoms with Gasteiger partial charge in [0, 0.05) is 0 Å². The van der Waals surface area contributed by atoms with Crippen molar-refractivity contribution in [2.75, 3.05) is 0 Å². The molecule has 0 radical (unpaired) electrons. The van der Waals surface area contributed by atoms with E-state index in [1.807, 2.05) is 0 Å². The monoisotopic (exact) mass is 780 g/mol. The summed E-state index contributed by atoms with van der Waals surface area (Å²) in [6, 6.07) is 26.5. The molecule has 0 amide bonds. The van der Waals surface area contributed by atoms with Gasteiger partial charge in [0.2, 0.25) is 0 Å². The average Bonchev–Trinajstić information content (AvgIpc) is 2.81. The molecule has 7 rings (SSSR count). The van der Waals surface area contributed by atoms with Crippen LogP contribution in [-0.4, -0.2) is 0 Å². The lowest BCUT2D eigenvalue weighted by Gasteiger charge is -2.23. The Hall–Kier alpha value is 0.540. The van der Waals surface area contributed by atoms with Crippen molar-refractivity contribution < 1.29 is 0 Å². The lowest BCUT2D eigenvalue weighted by Crippen LogP contribution is -2.04. The van der Waals surface area contributed by atoms with Crippen LogP contribution in [0.2, 0.25) is 0 Å².